The first-order chi connectivity index (χ1) is 29.2. The molecule has 0 amide bonds. The molecule has 0 atom stereocenters. The standard InChI is InChI=1S/C54H35N5/c1-3-13-36(14-4-1)42-17-11-19-44(33-42)49-35-48(56-54(57-49)45-20-12-18-43(34-45)37-15-5-2-6-16-37)40-28-24-38(25-29-40)39-26-30-41(31-27-39)51-53-52(46-21-7-8-22-47(46)55-51)58-50-23-9-10-32-59(50)53/h1-35H. The number of imidazole rings is 1. The molecule has 0 saturated heterocycles. The van der Waals surface area contributed by atoms with E-state index in [0.717, 1.165) is 94.7 Å². The van der Waals surface area contributed by atoms with E-state index in [1.807, 2.05) is 42.5 Å². The van der Waals surface area contributed by atoms with Crippen LogP contribution in [-0.4, -0.2) is 24.3 Å². The van der Waals surface area contributed by atoms with Crippen molar-refractivity contribution in [1.29, 1.82) is 0 Å². The van der Waals surface area contributed by atoms with Gasteiger partial charge in [-0.05, 0) is 69.8 Å². The van der Waals surface area contributed by atoms with Crippen LogP contribution in [0.4, 0.5) is 0 Å². The van der Waals surface area contributed by atoms with Gasteiger partial charge in [-0.3, -0.25) is 4.40 Å². The first-order valence-corrected chi connectivity index (χ1v) is 19.8. The van der Waals surface area contributed by atoms with Gasteiger partial charge in [-0.25, -0.2) is 19.9 Å². The van der Waals surface area contributed by atoms with Crippen molar-refractivity contribution in [3.63, 3.8) is 0 Å². The number of fused-ring (bicyclic) bond motifs is 5. The maximum absolute atomic E-state index is 5.20. The highest BCUT2D eigenvalue weighted by atomic mass is 15.0. The molecule has 0 aliphatic carbocycles. The predicted octanol–water partition coefficient (Wildman–Crippen LogP) is 13.5. The van der Waals surface area contributed by atoms with E-state index in [0.29, 0.717) is 5.82 Å². The summed E-state index contributed by atoms with van der Waals surface area (Å²) in [5, 5.41) is 1.05. The molecule has 11 aromatic rings. The summed E-state index contributed by atoms with van der Waals surface area (Å²) >= 11 is 0. The van der Waals surface area contributed by atoms with Crippen LogP contribution in [0.3, 0.4) is 0 Å². The molecule has 0 bridgehead atoms. The van der Waals surface area contributed by atoms with Gasteiger partial charge < -0.3 is 0 Å². The maximum Gasteiger partial charge on any atom is 0.160 e. The molecule has 5 heteroatoms. The molecule has 0 aliphatic rings. The minimum atomic E-state index is 0.683. The third kappa shape index (κ3) is 6.41. The second-order valence-electron chi connectivity index (χ2n) is 14.7. The van der Waals surface area contributed by atoms with Crippen LogP contribution in [0.5, 0.6) is 0 Å². The van der Waals surface area contributed by atoms with Gasteiger partial charge in [0.2, 0.25) is 0 Å². The lowest BCUT2D eigenvalue weighted by Crippen LogP contribution is -1.96. The highest BCUT2D eigenvalue weighted by Crippen LogP contribution is 2.36. The largest absolute Gasteiger partial charge is 0.298 e. The van der Waals surface area contributed by atoms with Crippen LogP contribution in [0.15, 0.2) is 212 Å². The van der Waals surface area contributed by atoms with Crippen molar-refractivity contribution in [3.8, 4) is 78.5 Å². The number of pyridine rings is 2. The highest BCUT2D eigenvalue weighted by Gasteiger charge is 2.17. The fraction of sp³-hybridized carbons (Fsp3) is 0. The van der Waals surface area contributed by atoms with Gasteiger partial charge in [-0.1, -0.05) is 170 Å². The van der Waals surface area contributed by atoms with Crippen molar-refractivity contribution < 1.29 is 0 Å². The lowest BCUT2D eigenvalue weighted by atomic mass is 9.98. The molecule has 0 fully saturated rings. The Hall–Kier alpha value is -8.02. The van der Waals surface area contributed by atoms with Gasteiger partial charge in [0.05, 0.1) is 28.1 Å². The average molecular weight is 754 g/mol. The molecular weight excluding hydrogens is 719 g/mol. The molecule has 0 saturated carbocycles. The Kier molecular flexibility index (Phi) is 8.41. The van der Waals surface area contributed by atoms with Gasteiger partial charge in [0.25, 0.3) is 0 Å². The topological polar surface area (TPSA) is 56.0 Å². The second-order valence-corrected chi connectivity index (χ2v) is 14.7. The van der Waals surface area contributed by atoms with Gasteiger partial charge in [0.15, 0.2) is 5.82 Å². The molecule has 276 valence electrons. The Labute approximate surface area is 341 Å². The Bertz CT molecular complexity index is 3200. The number of para-hydroxylation sites is 1. The summed E-state index contributed by atoms with van der Waals surface area (Å²) < 4.78 is 2.14. The fourth-order valence-electron chi connectivity index (χ4n) is 8.04. The van der Waals surface area contributed by atoms with Crippen molar-refractivity contribution in [2.75, 3.05) is 0 Å². The summed E-state index contributed by atoms with van der Waals surface area (Å²) in [6.07, 6.45) is 2.06. The van der Waals surface area contributed by atoms with Gasteiger partial charge in [0.1, 0.15) is 11.2 Å². The zero-order valence-corrected chi connectivity index (χ0v) is 31.9. The van der Waals surface area contributed by atoms with E-state index in [1.165, 1.54) is 5.56 Å². The van der Waals surface area contributed by atoms with E-state index in [2.05, 4.69) is 174 Å². The second kappa shape index (κ2) is 14.5. The highest BCUT2D eigenvalue weighted by molar-refractivity contribution is 6.09. The van der Waals surface area contributed by atoms with Crippen LogP contribution in [0.2, 0.25) is 0 Å². The average Bonchev–Trinajstić information content (AvgIpc) is 3.72. The monoisotopic (exact) mass is 753 g/mol. The number of benzene rings is 7. The third-order valence-corrected chi connectivity index (χ3v) is 11.0. The summed E-state index contributed by atoms with van der Waals surface area (Å²) in [4.78, 5) is 20.6. The Morgan fingerprint density at radius 1 is 0.322 bits per heavy atom. The summed E-state index contributed by atoms with van der Waals surface area (Å²) in [7, 11) is 0. The quantitative estimate of drug-likeness (QED) is 0.163. The van der Waals surface area contributed by atoms with Crippen molar-refractivity contribution in [3.05, 3.63) is 212 Å². The van der Waals surface area contributed by atoms with Crippen LogP contribution in [0.25, 0.3) is 106 Å². The summed E-state index contributed by atoms with van der Waals surface area (Å²) in [5.74, 6) is 0.683. The minimum Gasteiger partial charge on any atom is -0.298 e. The molecule has 0 aliphatic heterocycles. The first-order valence-electron chi connectivity index (χ1n) is 19.8. The third-order valence-electron chi connectivity index (χ3n) is 11.0. The van der Waals surface area contributed by atoms with E-state index < -0.39 is 0 Å². The lowest BCUT2D eigenvalue weighted by Gasteiger charge is -2.12. The van der Waals surface area contributed by atoms with Crippen LogP contribution >= 0.6 is 0 Å². The zero-order valence-electron chi connectivity index (χ0n) is 31.9. The van der Waals surface area contributed by atoms with Gasteiger partial charge in [0, 0.05) is 33.8 Å². The molecule has 4 heterocycles. The molecule has 0 unspecified atom stereocenters. The molecule has 59 heavy (non-hydrogen) atoms. The Morgan fingerprint density at radius 3 is 1.53 bits per heavy atom. The summed E-state index contributed by atoms with van der Waals surface area (Å²) in [5.41, 5.74) is 17.3. The van der Waals surface area contributed by atoms with Gasteiger partial charge in [-0.15, -0.1) is 0 Å². The summed E-state index contributed by atoms with van der Waals surface area (Å²) in [6.45, 7) is 0. The molecule has 7 aromatic carbocycles. The van der Waals surface area contributed by atoms with E-state index in [1.54, 1.807) is 0 Å². The number of rotatable bonds is 7. The Balaban J connectivity index is 0.966. The van der Waals surface area contributed by atoms with Crippen molar-refractivity contribution in [2.24, 2.45) is 0 Å². The van der Waals surface area contributed by atoms with E-state index >= 15 is 0 Å². The first kappa shape index (κ1) is 34.2. The molecular formula is C54H35N5. The van der Waals surface area contributed by atoms with Crippen molar-refractivity contribution >= 4 is 27.6 Å². The van der Waals surface area contributed by atoms with Crippen molar-refractivity contribution in [2.45, 2.75) is 0 Å². The fourth-order valence-corrected chi connectivity index (χ4v) is 8.04. The van der Waals surface area contributed by atoms with Crippen molar-refractivity contribution in [1.82, 2.24) is 24.3 Å². The van der Waals surface area contributed by atoms with Crippen LogP contribution in [-0.2, 0) is 0 Å². The molecule has 0 spiro atoms. The van der Waals surface area contributed by atoms with E-state index in [9.17, 15) is 0 Å². The smallest absolute Gasteiger partial charge is 0.160 e. The molecule has 5 nitrogen and oxygen atoms in total. The predicted molar refractivity (Wildman–Crippen MR) is 242 cm³/mol. The number of aromatic nitrogens is 5. The number of hydrogen-bond donors (Lipinski definition) is 0. The van der Waals surface area contributed by atoms with Gasteiger partial charge in [-0.2, -0.15) is 0 Å². The molecule has 0 radical (unpaired) electrons. The molecule has 4 aromatic heterocycles. The van der Waals surface area contributed by atoms with E-state index in [4.69, 9.17) is 19.9 Å². The Morgan fingerprint density at radius 2 is 0.831 bits per heavy atom. The number of nitrogens with zero attached hydrogens (tertiary/aromatic N) is 5. The molecule has 0 N–H and O–H groups in total. The maximum atomic E-state index is 5.20. The minimum absolute atomic E-state index is 0.683. The normalized spacial score (nSPS) is 11.4. The van der Waals surface area contributed by atoms with Gasteiger partial charge >= 0.3 is 0 Å². The summed E-state index contributed by atoms with van der Waals surface area (Å²) in [6, 6.07) is 71.8. The SMILES string of the molecule is c1ccc(-c2cccc(-c3cc(-c4ccc(-c5ccc(-c6nc7ccccc7c7nc8ccccn8c67)cc5)cc4)nc(-c4cccc(-c5ccccc5)c4)n3)c2)cc1. The molecule has 11 rings (SSSR count). The van der Waals surface area contributed by atoms with Crippen LogP contribution in [0.1, 0.15) is 0 Å². The number of hydrogen-bond acceptors (Lipinski definition) is 4. The zero-order chi connectivity index (χ0) is 39.1. The lowest BCUT2D eigenvalue weighted by molar-refractivity contribution is 1.18. The van der Waals surface area contributed by atoms with Crippen LogP contribution < -0.4 is 0 Å². The van der Waals surface area contributed by atoms with Crippen LogP contribution in [0, 0.1) is 0 Å². The van der Waals surface area contributed by atoms with E-state index in [-0.39, 0.29) is 0 Å².